The number of hydrogen-bond acceptors (Lipinski definition) is 2. The molecule has 0 saturated carbocycles. The maximum Gasteiger partial charge on any atom is 0.429 e. The van der Waals surface area contributed by atoms with E-state index in [0.717, 1.165) is 36.4 Å². The number of hydrogen-bond donors (Lipinski definition) is 0. The molecule has 0 bridgehead atoms. The van der Waals surface area contributed by atoms with Gasteiger partial charge in [-0.15, -0.1) is 0 Å². The van der Waals surface area contributed by atoms with Crippen molar-refractivity contribution in [2.75, 3.05) is 0 Å². The van der Waals surface area contributed by atoms with Crippen LogP contribution in [0.4, 0.5) is 30.7 Å². The van der Waals surface area contributed by atoms with Crippen molar-refractivity contribution in [1.82, 2.24) is 0 Å². The molecule has 3 rings (SSSR count). The SMILES string of the molecule is CCc1ccc(C(F)(F)Oc2ccc(-c3cc(F)c(OC(F)F)c(F)c3)cc2)c(F)c1. The van der Waals surface area contributed by atoms with Gasteiger partial charge in [-0.25, -0.2) is 13.2 Å². The lowest BCUT2D eigenvalue weighted by molar-refractivity contribution is -0.187. The highest BCUT2D eigenvalue weighted by Crippen LogP contribution is 2.35. The fourth-order valence-corrected chi connectivity index (χ4v) is 2.86. The summed E-state index contributed by atoms with van der Waals surface area (Å²) in [5.41, 5.74) is -0.245. The van der Waals surface area contributed by atoms with E-state index in [1.54, 1.807) is 6.92 Å². The van der Waals surface area contributed by atoms with Crippen LogP contribution in [-0.2, 0) is 12.5 Å². The summed E-state index contributed by atoms with van der Waals surface area (Å²) in [6.07, 6.45) is -3.49. The van der Waals surface area contributed by atoms with E-state index in [1.165, 1.54) is 18.2 Å². The normalized spacial score (nSPS) is 11.6. The Labute approximate surface area is 172 Å². The van der Waals surface area contributed by atoms with E-state index in [1.807, 2.05) is 0 Å². The van der Waals surface area contributed by atoms with Crippen LogP contribution in [0, 0.1) is 17.5 Å². The van der Waals surface area contributed by atoms with Crippen molar-refractivity contribution in [2.24, 2.45) is 0 Å². The van der Waals surface area contributed by atoms with Gasteiger partial charge < -0.3 is 9.47 Å². The van der Waals surface area contributed by atoms with Crippen LogP contribution in [-0.4, -0.2) is 6.61 Å². The molecule has 0 aliphatic carbocycles. The molecule has 0 amide bonds. The topological polar surface area (TPSA) is 18.5 Å². The third-order valence-corrected chi connectivity index (χ3v) is 4.39. The average Bonchev–Trinajstić information content (AvgIpc) is 2.70. The van der Waals surface area contributed by atoms with Crippen LogP contribution in [0.25, 0.3) is 11.1 Å². The summed E-state index contributed by atoms with van der Waals surface area (Å²) in [5.74, 6) is -5.37. The van der Waals surface area contributed by atoms with Crippen molar-refractivity contribution in [3.8, 4) is 22.6 Å². The Balaban J connectivity index is 1.82. The second-order valence-electron chi connectivity index (χ2n) is 6.46. The van der Waals surface area contributed by atoms with Gasteiger partial charge in [-0.2, -0.15) is 17.6 Å². The lowest BCUT2D eigenvalue weighted by atomic mass is 10.0. The third kappa shape index (κ3) is 5.10. The highest BCUT2D eigenvalue weighted by Gasteiger charge is 2.37. The summed E-state index contributed by atoms with van der Waals surface area (Å²) in [6, 6.07) is 9.47. The van der Waals surface area contributed by atoms with Crippen molar-refractivity contribution in [1.29, 1.82) is 0 Å². The smallest absolute Gasteiger partial charge is 0.429 e. The summed E-state index contributed by atoms with van der Waals surface area (Å²) >= 11 is 0. The van der Waals surface area contributed by atoms with Gasteiger partial charge >= 0.3 is 12.7 Å². The third-order valence-electron chi connectivity index (χ3n) is 4.39. The second-order valence-corrected chi connectivity index (χ2v) is 6.46. The minimum atomic E-state index is -3.97. The molecule has 9 heteroatoms. The van der Waals surface area contributed by atoms with Gasteiger partial charge in [0.15, 0.2) is 17.4 Å². The summed E-state index contributed by atoms with van der Waals surface area (Å²) < 4.78 is 103. The highest BCUT2D eigenvalue weighted by molar-refractivity contribution is 5.65. The minimum Gasteiger partial charge on any atom is -0.429 e. The van der Waals surface area contributed by atoms with Crippen molar-refractivity contribution in [3.63, 3.8) is 0 Å². The van der Waals surface area contributed by atoms with E-state index in [-0.39, 0.29) is 16.9 Å². The van der Waals surface area contributed by atoms with Crippen LogP contribution >= 0.6 is 0 Å². The zero-order valence-electron chi connectivity index (χ0n) is 15.9. The quantitative estimate of drug-likeness (QED) is 0.363. The first-order chi connectivity index (χ1) is 14.6. The number of rotatable bonds is 7. The maximum absolute atomic E-state index is 14.4. The van der Waals surface area contributed by atoms with Gasteiger partial charge in [-0.05, 0) is 59.5 Å². The Bertz CT molecular complexity index is 1040. The molecule has 0 spiro atoms. The molecule has 0 aliphatic rings. The largest absolute Gasteiger partial charge is 0.429 e. The Kier molecular flexibility index (Phi) is 6.42. The minimum absolute atomic E-state index is 0.0453. The van der Waals surface area contributed by atoms with Crippen LogP contribution in [0.15, 0.2) is 54.6 Å². The molecule has 31 heavy (non-hydrogen) atoms. The number of alkyl halides is 4. The molecule has 0 radical (unpaired) electrons. The van der Waals surface area contributed by atoms with Crippen LogP contribution in [0.2, 0.25) is 0 Å². The van der Waals surface area contributed by atoms with E-state index in [0.29, 0.717) is 12.0 Å². The van der Waals surface area contributed by atoms with Crippen LogP contribution in [0.5, 0.6) is 11.5 Å². The molecule has 0 aliphatic heterocycles. The molecule has 0 saturated heterocycles. The van der Waals surface area contributed by atoms with Crippen molar-refractivity contribution in [3.05, 3.63) is 83.2 Å². The zero-order valence-corrected chi connectivity index (χ0v) is 15.9. The molecule has 3 aromatic rings. The van der Waals surface area contributed by atoms with Gasteiger partial charge in [-0.3, -0.25) is 0 Å². The first-order valence-electron chi connectivity index (χ1n) is 9.00. The van der Waals surface area contributed by atoms with Gasteiger partial charge in [0.05, 0.1) is 5.56 Å². The summed E-state index contributed by atoms with van der Waals surface area (Å²) in [6.45, 7) is -1.65. The highest BCUT2D eigenvalue weighted by atomic mass is 19.3. The van der Waals surface area contributed by atoms with Gasteiger partial charge in [0.25, 0.3) is 0 Å². The predicted molar refractivity (Wildman–Crippen MR) is 98.7 cm³/mol. The van der Waals surface area contributed by atoms with Crippen molar-refractivity contribution >= 4 is 0 Å². The van der Waals surface area contributed by atoms with E-state index in [9.17, 15) is 30.7 Å². The number of aryl methyl sites for hydroxylation is 1. The number of halogens is 7. The summed E-state index contributed by atoms with van der Waals surface area (Å²) in [7, 11) is 0. The van der Waals surface area contributed by atoms with Crippen molar-refractivity contribution < 1.29 is 40.2 Å². The fraction of sp³-hybridized carbons (Fsp3) is 0.182. The van der Waals surface area contributed by atoms with Gasteiger partial charge in [0, 0.05) is 0 Å². The average molecular weight is 444 g/mol. The molecule has 0 fully saturated rings. The summed E-state index contributed by atoms with van der Waals surface area (Å²) in [4.78, 5) is 0. The van der Waals surface area contributed by atoms with Crippen LogP contribution in [0.3, 0.4) is 0 Å². The molecule has 0 aromatic heterocycles. The van der Waals surface area contributed by atoms with Gasteiger partial charge in [-0.1, -0.05) is 25.1 Å². The summed E-state index contributed by atoms with van der Waals surface area (Å²) in [5, 5.41) is 0. The zero-order chi connectivity index (χ0) is 22.8. The molecule has 0 heterocycles. The van der Waals surface area contributed by atoms with Gasteiger partial charge in [0.1, 0.15) is 11.6 Å². The molecular formula is C22H15F7O2. The maximum atomic E-state index is 14.4. The lowest BCUT2D eigenvalue weighted by Crippen LogP contribution is -2.23. The predicted octanol–water partition coefficient (Wildman–Crippen LogP) is 7.06. The van der Waals surface area contributed by atoms with Crippen molar-refractivity contribution in [2.45, 2.75) is 26.1 Å². The molecular weight excluding hydrogens is 429 g/mol. The van der Waals surface area contributed by atoms with Crippen LogP contribution in [0.1, 0.15) is 18.1 Å². The molecule has 164 valence electrons. The standard InChI is InChI=1S/C22H15F7O2/c1-2-12-3-8-16(17(23)9-12)22(28,29)31-15-6-4-13(5-7-15)14-10-18(24)20(19(25)11-14)30-21(26)27/h3-11,21H,2H2,1H3. The van der Waals surface area contributed by atoms with Crippen LogP contribution < -0.4 is 9.47 Å². The molecule has 3 aromatic carbocycles. The first-order valence-corrected chi connectivity index (χ1v) is 9.00. The lowest BCUT2D eigenvalue weighted by Gasteiger charge is -2.19. The van der Waals surface area contributed by atoms with E-state index >= 15 is 0 Å². The number of ether oxygens (including phenoxy) is 2. The van der Waals surface area contributed by atoms with E-state index < -0.39 is 41.5 Å². The molecule has 0 N–H and O–H groups in total. The molecule has 0 unspecified atom stereocenters. The molecule has 0 atom stereocenters. The van der Waals surface area contributed by atoms with E-state index in [4.69, 9.17) is 0 Å². The Hall–Kier alpha value is -3.23. The monoisotopic (exact) mass is 444 g/mol. The Morgan fingerprint density at radius 1 is 0.806 bits per heavy atom. The number of benzene rings is 3. The molecule has 2 nitrogen and oxygen atoms in total. The Morgan fingerprint density at radius 3 is 1.94 bits per heavy atom. The van der Waals surface area contributed by atoms with E-state index in [2.05, 4.69) is 9.47 Å². The van der Waals surface area contributed by atoms with Gasteiger partial charge in [0.2, 0.25) is 0 Å². The second kappa shape index (κ2) is 8.87. The fourth-order valence-electron chi connectivity index (χ4n) is 2.86. The Morgan fingerprint density at radius 2 is 1.42 bits per heavy atom. The first kappa shape index (κ1) is 22.5.